The van der Waals surface area contributed by atoms with E-state index in [1.165, 1.54) is 0 Å². The van der Waals surface area contributed by atoms with Crippen molar-refractivity contribution in [1.82, 2.24) is 0 Å². The minimum Gasteiger partial charge on any atom is -0.267 e. The van der Waals surface area contributed by atoms with Crippen LogP contribution in [0.15, 0.2) is 30.3 Å². The topological polar surface area (TPSA) is 69.4 Å². The fourth-order valence-corrected chi connectivity index (χ4v) is 1.27. The van der Waals surface area contributed by atoms with Crippen molar-refractivity contribution in [3.05, 3.63) is 46.0 Å². The van der Waals surface area contributed by atoms with Gasteiger partial charge in [-0.05, 0) is 5.56 Å². The molecule has 0 aromatic heterocycles. The van der Waals surface area contributed by atoms with Crippen LogP contribution < -0.4 is 0 Å². The first-order chi connectivity index (χ1) is 6.61. The number of hydrogen-bond donors (Lipinski definition) is 0. The second kappa shape index (κ2) is 4.71. The maximum absolute atomic E-state index is 11.0. The summed E-state index contributed by atoms with van der Waals surface area (Å²) < 4.78 is 0. The van der Waals surface area contributed by atoms with E-state index in [1.807, 2.05) is 0 Å². The van der Waals surface area contributed by atoms with E-state index < -0.39 is 15.9 Å². The second-order valence-corrected chi connectivity index (χ2v) is 3.32. The molecule has 1 rings (SSSR count). The van der Waals surface area contributed by atoms with Gasteiger partial charge in [0.15, 0.2) is 0 Å². The van der Waals surface area contributed by atoms with E-state index >= 15 is 0 Å². The van der Waals surface area contributed by atoms with Gasteiger partial charge in [0.05, 0.1) is 0 Å². The Balaban J connectivity index is 2.71. The number of carbonyl (C=O) groups excluding carboxylic acids is 1. The van der Waals surface area contributed by atoms with E-state index in [-0.39, 0.29) is 0 Å². The Hall–Kier alpha value is -1.43. The standard InChI is InChI=1S/C8H6BrNO4/c9-7(8(11)14-10(12)13)6-4-2-1-3-5-6/h1-5,7H. The third kappa shape index (κ3) is 2.81. The van der Waals surface area contributed by atoms with Crippen LogP contribution >= 0.6 is 15.9 Å². The molecule has 0 amide bonds. The number of hydrogen-bond acceptors (Lipinski definition) is 4. The minimum atomic E-state index is -1.13. The molecule has 0 fully saturated rings. The summed E-state index contributed by atoms with van der Waals surface area (Å²) in [4.78, 5) is 23.9. The Labute approximate surface area is 87.9 Å². The lowest BCUT2D eigenvalue weighted by Gasteiger charge is -2.05. The van der Waals surface area contributed by atoms with Crippen molar-refractivity contribution in [3.63, 3.8) is 0 Å². The first-order valence-electron chi connectivity index (χ1n) is 3.66. The van der Waals surface area contributed by atoms with Crippen LogP contribution in [0.2, 0.25) is 0 Å². The third-order valence-corrected chi connectivity index (χ3v) is 2.37. The van der Waals surface area contributed by atoms with Crippen molar-refractivity contribution in [3.8, 4) is 0 Å². The Bertz CT molecular complexity index is 340. The predicted octanol–water partition coefficient (Wildman–Crippen LogP) is 1.86. The van der Waals surface area contributed by atoms with Crippen molar-refractivity contribution in [2.45, 2.75) is 4.83 Å². The monoisotopic (exact) mass is 259 g/mol. The fourth-order valence-electron chi connectivity index (χ4n) is 0.878. The number of carbonyl (C=O) groups is 1. The average Bonchev–Trinajstić information content (AvgIpc) is 2.17. The maximum Gasteiger partial charge on any atom is 0.321 e. The Kier molecular flexibility index (Phi) is 3.58. The van der Waals surface area contributed by atoms with Gasteiger partial charge in [-0.15, -0.1) is 10.1 Å². The lowest BCUT2D eigenvalue weighted by Crippen LogP contribution is -2.14. The summed E-state index contributed by atoms with van der Waals surface area (Å²) in [6, 6.07) is 8.56. The molecule has 0 radical (unpaired) electrons. The molecule has 0 N–H and O–H groups in total. The summed E-state index contributed by atoms with van der Waals surface area (Å²) in [5.41, 5.74) is 0.611. The number of nitrogens with zero attached hydrogens (tertiary/aromatic N) is 1. The van der Waals surface area contributed by atoms with Crippen LogP contribution in [0.5, 0.6) is 0 Å². The molecule has 0 bridgehead atoms. The summed E-state index contributed by atoms with van der Waals surface area (Å²) in [6.45, 7) is 0. The lowest BCUT2D eigenvalue weighted by atomic mass is 10.2. The fraction of sp³-hybridized carbons (Fsp3) is 0.125. The lowest BCUT2D eigenvalue weighted by molar-refractivity contribution is -0.729. The molecule has 1 unspecified atom stereocenters. The molecule has 0 aliphatic rings. The van der Waals surface area contributed by atoms with E-state index in [1.54, 1.807) is 30.3 Å². The highest BCUT2D eigenvalue weighted by molar-refractivity contribution is 9.09. The molecule has 0 aliphatic carbocycles. The zero-order chi connectivity index (χ0) is 10.6. The van der Waals surface area contributed by atoms with Crippen LogP contribution in [-0.2, 0) is 9.63 Å². The number of benzene rings is 1. The van der Waals surface area contributed by atoms with Crippen LogP contribution in [0, 0.1) is 10.1 Å². The number of rotatable bonds is 3. The number of halogens is 1. The zero-order valence-electron chi connectivity index (χ0n) is 6.92. The summed E-state index contributed by atoms with van der Waals surface area (Å²) >= 11 is 3.00. The smallest absolute Gasteiger partial charge is 0.267 e. The quantitative estimate of drug-likeness (QED) is 0.472. The molecule has 1 aromatic carbocycles. The van der Waals surface area contributed by atoms with Gasteiger partial charge in [-0.1, -0.05) is 46.3 Å². The SMILES string of the molecule is O=C(O[N+](=O)[O-])C(Br)c1ccccc1. The molecule has 1 atom stereocenters. The summed E-state index contributed by atoms with van der Waals surface area (Å²) in [5, 5.41) is 8.76. The molecule has 14 heavy (non-hydrogen) atoms. The van der Waals surface area contributed by atoms with Gasteiger partial charge in [0.25, 0.3) is 0 Å². The van der Waals surface area contributed by atoms with E-state index in [9.17, 15) is 14.9 Å². The first kappa shape index (κ1) is 10.6. The Morgan fingerprint density at radius 3 is 2.50 bits per heavy atom. The van der Waals surface area contributed by atoms with Crippen LogP contribution in [0.25, 0.3) is 0 Å². The molecule has 0 spiro atoms. The summed E-state index contributed by atoms with van der Waals surface area (Å²) in [7, 11) is 0. The Morgan fingerprint density at radius 2 is 2.00 bits per heavy atom. The predicted molar refractivity (Wildman–Crippen MR) is 51.2 cm³/mol. The highest BCUT2D eigenvalue weighted by atomic mass is 79.9. The third-order valence-electron chi connectivity index (χ3n) is 1.46. The van der Waals surface area contributed by atoms with Crippen LogP contribution in [-0.4, -0.2) is 11.1 Å². The van der Waals surface area contributed by atoms with Gasteiger partial charge in [-0.25, -0.2) is 4.84 Å². The molecule has 0 saturated heterocycles. The van der Waals surface area contributed by atoms with E-state index in [4.69, 9.17) is 0 Å². The molecule has 1 aromatic rings. The van der Waals surface area contributed by atoms with Gasteiger partial charge in [-0.3, -0.25) is 4.79 Å². The van der Waals surface area contributed by atoms with Gasteiger partial charge < -0.3 is 0 Å². The van der Waals surface area contributed by atoms with Crippen molar-refractivity contribution < 1.29 is 14.7 Å². The van der Waals surface area contributed by atoms with E-state index in [0.29, 0.717) is 5.56 Å². The van der Waals surface area contributed by atoms with Gasteiger partial charge in [0, 0.05) is 0 Å². The average molecular weight is 260 g/mol. The molecule has 74 valence electrons. The van der Waals surface area contributed by atoms with Gasteiger partial charge in [-0.2, -0.15) is 0 Å². The first-order valence-corrected chi connectivity index (χ1v) is 4.58. The van der Waals surface area contributed by atoms with Crippen molar-refractivity contribution in [2.75, 3.05) is 0 Å². The van der Waals surface area contributed by atoms with Crippen LogP contribution in [0.1, 0.15) is 10.4 Å². The molecule has 0 saturated carbocycles. The highest BCUT2D eigenvalue weighted by Crippen LogP contribution is 2.23. The van der Waals surface area contributed by atoms with Gasteiger partial charge >= 0.3 is 11.1 Å². The second-order valence-electron chi connectivity index (χ2n) is 2.41. The molecule has 6 heteroatoms. The largest absolute Gasteiger partial charge is 0.321 e. The van der Waals surface area contributed by atoms with Crippen molar-refractivity contribution in [1.29, 1.82) is 0 Å². The molecule has 5 nitrogen and oxygen atoms in total. The zero-order valence-corrected chi connectivity index (χ0v) is 8.51. The molecular formula is C8H6BrNO4. The summed E-state index contributed by atoms with van der Waals surface area (Å²) in [5.74, 6) is -0.943. The highest BCUT2D eigenvalue weighted by Gasteiger charge is 2.20. The van der Waals surface area contributed by atoms with E-state index in [0.717, 1.165) is 0 Å². The Morgan fingerprint density at radius 1 is 1.43 bits per heavy atom. The normalized spacial score (nSPS) is 11.8. The summed E-state index contributed by atoms with van der Waals surface area (Å²) in [6.07, 6.45) is 0. The maximum atomic E-state index is 11.0. The molecular weight excluding hydrogens is 254 g/mol. The van der Waals surface area contributed by atoms with Crippen molar-refractivity contribution in [2.24, 2.45) is 0 Å². The van der Waals surface area contributed by atoms with Gasteiger partial charge in [0.2, 0.25) is 0 Å². The van der Waals surface area contributed by atoms with E-state index in [2.05, 4.69) is 20.8 Å². The van der Waals surface area contributed by atoms with Gasteiger partial charge in [0.1, 0.15) is 4.83 Å². The van der Waals surface area contributed by atoms with Crippen LogP contribution in [0.3, 0.4) is 0 Å². The van der Waals surface area contributed by atoms with Crippen LogP contribution in [0.4, 0.5) is 0 Å². The van der Waals surface area contributed by atoms with Crippen molar-refractivity contribution >= 4 is 21.9 Å². The molecule has 0 aliphatic heterocycles. The minimum absolute atomic E-state index is 0.611. The number of alkyl halides is 1. The molecule has 0 heterocycles.